The molecule has 1 rings (SSSR count). The minimum absolute atomic E-state index is 0.0488. The molecule has 2 N–H and O–H groups in total. The van der Waals surface area contributed by atoms with Gasteiger partial charge in [0.05, 0.1) is 19.8 Å². The van der Waals surface area contributed by atoms with E-state index in [1.54, 1.807) is 25.3 Å². The quantitative estimate of drug-likeness (QED) is 0.461. The molecule has 4 heteroatoms. The van der Waals surface area contributed by atoms with Crippen LogP contribution in [0.2, 0.25) is 0 Å². The van der Waals surface area contributed by atoms with Crippen molar-refractivity contribution in [2.45, 2.75) is 6.42 Å². The van der Waals surface area contributed by atoms with Crippen LogP contribution in [0.3, 0.4) is 0 Å². The number of carbonyl (C=O) groups excluding carboxylic acids is 1. The summed E-state index contributed by atoms with van der Waals surface area (Å²) in [6.07, 6.45) is 0.0488. The summed E-state index contributed by atoms with van der Waals surface area (Å²) in [5.41, 5.74) is 6.92. The van der Waals surface area contributed by atoms with Crippen LogP contribution in [-0.4, -0.2) is 20.2 Å². The number of benzene rings is 1. The molecule has 0 bridgehead atoms. The molecule has 0 heterocycles. The number of anilines is 1. The van der Waals surface area contributed by atoms with Crippen LogP contribution in [-0.2, 0) is 9.53 Å². The van der Waals surface area contributed by atoms with E-state index in [4.69, 9.17) is 10.5 Å². The third-order valence-corrected chi connectivity index (χ3v) is 1.94. The Hall–Kier alpha value is -2.15. The average Bonchev–Trinajstić information content (AvgIpc) is 2.31. The van der Waals surface area contributed by atoms with E-state index in [0.717, 1.165) is 0 Å². The maximum atomic E-state index is 10.8. The Kier molecular flexibility index (Phi) is 4.22. The second-order valence-corrected chi connectivity index (χ2v) is 3.01. The van der Waals surface area contributed by atoms with Crippen LogP contribution in [0.25, 0.3) is 0 Å². The van der Waals surface area contributed by atoms with Crippen molar-refractivity contribution in [2.75, 3.05) is 20.0 Å². The first kappa shape index (κ1) is 11.9. The lowest BCUT2D eigenvalue weighted by molar-refractivity contribution is -0.139. The van der Waals surface area contributed by atoms with Crippen molar-refractivity contribution in [2.24, 2.45) is 0 Å². The Morgan fingerprint density at radius 2 is 2.19 bits per heavy atom. The Morgan fingerprint density at radius 3 is 2.81 bits per heavy atom. The first-order valence-corrected chi connectivity index (χ1v) is 4.66. The predicted molar refractivity (Wildman–Crippen MR) is 60.9 cm³/mol. The van der Waals surface area contributed by atoms with Gasteiger partial charge in [0, 0.05) is 5.69 Å². The molecule has 1 aromatic carbocycles. The lowest BCUT2D eigenvalue weighted by atomic mass is 10.1. The predicted octanol–water partition coefficient (Wildman–Crippen LogP) is 1.19. The topological polar surface area (TPSA) is 61.5 Å². The summed E-state index contributed by atoms with van der Waals surface area (Å²) in [6, 6.07) is 5.18. The molecule has 4 nitrogen and oxygen atoms in total. The molecule has 0 aliphatic heterocycles. The van der Waals surface area contributed by atoms with Gasteiger partial charge in [0.15, 0.2) is 0 Å². The summed E-state index contributed by atoms with van der Waals surface area (Å²) in [4.78, 5) is 10.8. The molecule has 0 unspecified atom stereocenters. The van der Waals surface area contributed by atoms with Crippen LogP contribution < -0.4 is 10.5 Å². The maximum Gasteiger partial charge on any atom is 0.317 e. The highest BCUT2D eigenvalue weighted by Crippen LogP contribution is 2.18. The van der Waals surface area contributed by atoms with E-state index in [1.807, 2.05) is 0 Å². The highest BCUT2D eigenvalue weighted by Gasteiger charge is 1.99. The summed E-state index contributed by atoms with van der Waals surface area (Å²) < 4.78 is 9.51. The lowest BCUT2D eigenvalue weighted by Gasteiger charge is -2.02. The highest BCUT2D eigenvalue weighted by molar-refractivity contribution is 5.72. The zero-order valence-electron chi connectivity index (χ0n) is 9.24. The zero-order valence-corrected chi connectivity index (χ0v) is 9.24. The summed E-state index contributed by atoms with van der Waals surface area (Å²) >= 11 is 0. The fraction of sp³-hybridized carbons (Fsp3) is 0.250. The van der Waals surface area contributed by atoms with Crippen molar-refractivity contribution in [3.05, 3.63) is 23.8 Å². The van der Waals surface area contributed by atoms with Gasteiger partial charge in [0.2, 0.25) is 0 Å². The third kappa shape index (κ3) is 3.21. The molecule has 0 spiro atoms. The van der Waals surface area contributed by atoms with Crippen molar-refractivity contribution < 1.29 is 14.3 Å². The molecule has 0 fully saturated rings. The van der Waals surface area contributed by atoms with Gasteiger partial charge in [0.25, 0.3) is 0 Å². The minimum Gasteiger partial charge on any atom is -0.497 e. The summed E-state index contributed by atoms with van der Waals surface area (Å²) in [6.45, 7) is 0. The van der Waals surface area contributed by atoms with Gasteiger partial charge in [-0.2, -0.15) is 0 Å². The number of rotatable bonds is 2. The molecule has 0 aliphatic rings. The molecule has 0 saturated carbocycles. The van der Waals surface area contributed by atoms with Crippen molar-refractivity contribution in [1.29, 1.82) is 0 Å². The summed E-state index contributed by atoms with van der Waals surface area (Å²) in [5.74, 6) is 5.79. The number of esters is 1. The van der Waals surface area contributed by atoms with Gasteiger partial charge in [-0.3, -0.25) is 4.79 Å². The molecule has 0 aliphatic carbocycles. The van der Waals surface area contributed by atoms with Crippen LogP contribution >= 0.6 is 0 Å². The summed E-state index contributed by atoms with van der Waals surface area (Å²) in [7, 11) is 2.89. The smallest absolute Gasteiger partial charge is 0.317 e. The first-order valence-electron chi connectivity index (χ1n) is 4.66. The van der Waals surface area contributed by atoms with Crippen molar-refractivity contribution in [1.82, 2.24) is 0 Å². The van der Waals surface area contributed by atoms with Crippen LogP contribution in [0.5, 0.6) is 5.75 Å². The van der Waals surface area contributed by atoms with Gasteiger partial charge < -0.3 is 15.2 Å². The van der Waals surface area contributed by atoms with E-state index in [1.165, 1.54) is 7.11 Å². The Morgan fingerprint density at radius 1 is 1.44 bits per heavy atom. The molecule has 84 valence electrons. The minimum atomic E-state index is -0.367. The monoisotopic (exact) mass is 219 g/mol. The number of hydrogen-bond acceptors (Lipinski definition) is 4. The molecule has 0 atom stereocenters. The maximum absolute atomic E-state index is 10.8. The van der Waals surface area contributed by atoms with Gasteiger partial charge in [-0.05, 0) is 18.2 Å². The Balaban J connectivity index is 2.83. The molecular formula is C12H13NO3. The van der Waals surface area contributed by atoms with Crippen LogP contribution in [0, 0.1) is 11.8 Å². The second-order valence-electron chi connectivity index (χ2n) is 3.01. The van der Waals surface area contributed by atoms with E-state index in [9.17, 15) is 4.79 Å². The van der Waals surface area contributed by atoms with Crippen molar-refractivity contribution >= 4 is 11.7 Å². The van der Waals surface area contributed by atoms with Crippen LogP contribution in [0.1, 0.15) is 12.0 Å². The van der Waals surface area contributed by atoms with Crippen molar-refractivity contribution in [3.63, 3.8) is 0 Å². The Labute approximate surface area is 94.3 Å². The van der Waals surface area contributed by atoms with Gasteiger partial charge in [-0.15, -0.1) is 0 Å². The SMILES string of the molecule is COC(=O)CC#Cc1cc(OC)ccc1N. The van der Waals surface area contributed by atoms with E-state index < -0.39 is 0 Å². The number of hydrogen-bond donors (Lipinski definition) is 1. The van der Waals surface area contributed by atoms with Gasteiger partial charge >= 0.3 is 5.97 Å². The molecule has 0 amide bonds. The summed E-state index contributed by atoms with van der Waals surface area (Å²) in [5, 5.41) is 0. The zero-order chi connectivity index (χ0) is 12.0. The highest BCUT2D eigenvalue weighted by atomic mass is 16.5. The lowest BCUT2D eigenvalue weighted by Crippen LogP contribution is -1.97. The van der Waals surface area contributed by atoms with E-state index in [0.29, 0.717) is 17.0 Å². The molecular weight excluding hydrogens is 206 g/mol. The van der Waals surface area contributed by atoms with Gasteiger partial charge in [-0.1, -0.05) is 11.8 Å². The standard InChI is InChI=1S/C12H13NO3/c1-15-10-6-7-11(13)9(8-10)4-3-5-12(14)16-2/h6-8H,5,13H2,1-2H3. The van der Waals surface area contributed by atoms with E-state index in [2.05, 4.69) is 16.6 Å². The van der Waals surface area contributed by atoms with Crippen molar-refractivity contribution in [3.8, 4) is 17.6 Å². The fourth-order valence-corrected chi connectivity index (χ4v) is 1.05. The van der Waals surface area contributed by atoms with Crippen LogP contribution in [0.15, 0.2) is 18.2 Å². The van der Waals surface area contributed by atoms with Gasteiger partial charge in [-0.25, -0.2) is 0 Å². The van der Waals surface area contributed by atoms with E-state index in [-0.39, 0.29) is 12.4 Å². The fourth-order valence-electron chi connectivity index (χ4n) is 1.05. The normalized spacial score (nSPS) is 8.88. The molecule has 16 heavy (non-hydrogen) atoms. The largest absolute Gasteiger partial charge is 0.497 e. The van der Waals surface area contributed by atoms with E-state index >= 15 is 0 Å². The molecule has 0 saturated heterocycles. The Bertz CT molecular complexity index is 443. The first-order chi connectivity index (χ1) is 7.67. The number of nitrogens with two attached hydrogens (primary N) is 1. The molecule has 0 aromatic heterocycles. The molecule has 1 aromatic rings. The van der Waals surface area contributed by atoms with Crippen LogP contribution in [0.4, 0.5) is 5.69 Å². The second kappa shape index (κ2) is 5.66. The average molecular weight is 219 g/mol. The van der Waals surface area contributed by atoms with Gasteiger partial charge in [0.1, 0.15) is 12.2 Å². The number of carbonyl (C=O) groups is 1. The molecule has 0 radical (unpaired) electrons. The third-order valence-electron chi connectivity index (χ3n) is 1.94. The number of methoxy groups -OCH3 is 2. The number of ether oxygens (including phenoxy) is 2. The number of nitrogen functional groups attached to an aromatic ring is 1.